The van der Waals surface area contributed by atoms with Crippen LogP contribution in [0, 0.1) is 11.6 Å². The van der Waals surface area contributed by atoms with Gasteiger partial charge in [-0.25, -0.2) is 13.6 Å². The van der Waals surface area contributed by atoms with Gasteiger partial charge in [0.25, 0.3) is 0 Å². The van der Waals surface area contributed by atoms with Crippen molar-refractivity contribution in [1.29, 1.82) is 0 Å². The Balaban J connectivity index is 2.83. The summed E-state index contributed by atoms with van der Waals surface area (Å²) in [4.78, 5) is 13.6. The largest absolute Gasteiger partial charge is 0.392 e. The predicted octanol–water partition coefficient (Wildman–Crippen LogP) is 2.83. The first-order valence-corrected chi connectivity index (χ1v) is 6.93. The third-order valence-electron chi connectivity index (χ3n) is 3.13. The van der Waals surface area contributed by atoms with Crippen LogP contribution in [0.5, 0.6) is 0 Å². The van der Waals surface area contributed by atoms with Gasteiger partial charge in [0.2, 0.25) is 0 Å². The molecule has 2 unspecified atom stereocenters. The van der Waals surface area contributed by atoms with Crippen LogP contribution in [0.3, 0.4) is 0 Å². The Hall–Kier alpha value is -1.69. The van der Waals surface area contributed by atoms with E-state index < -0.39 is 29.8 Å². The second-order valence-electron chi connectivity index (χ2n) is 5.41. The van der Waals surface area contributed by atoms with E-state index in [1.165, 1.54) is 17.0 Å². The zero-order valence-corrected chi connectivity index (χ0v) is 12.7. The van der Waals surface area contributed by atoms with E-state index in [-0.39, 0.29) is 18.2 Å². The molecule has 118 valence electrons. The van der Waals surface area contributed by atoms with Gasteiger partial charge in [-0.2, -0.15) is 0 Å². The van der Waals surface area contributed by atoms with Crippen molar-refractivity contribution in [3.05, 3.63) is 35.4 Å². The maximum absolute atomic E-state index is 13.7. The van der Waals surface area contributed by atoms with E-state index in [1.807, 2.05) is 13.8 Å². The highest BCUT2D eigenvalue weighted by Gasteiger charge is 2.22. The standard InChI is InChI=1S/C15H22F2N2O2/c1-9(2)19(8-10(3)20)15(21)18-11(4)12-6-5-7-13(16)14(12)17/h5-7,9-11,20H,8H2,1-4H3,(H,18,21). The number of rotatable bonds is 5. The van der Waals surface area contributed by atoms with Crippen molar-refractivity contribution >= 4 is 6.03 Å². The monoisotopic (exact) mass is 300 g/mol. The summed E-state index contributed by atoms with van der Waals surface area (Å²) in [5, 5.41) is 12.0. The Kier molecular flexibility index (Phi) is 6.08. The molecule has 0 aliphatic carbocycles. The zero-order chi connectivity index (χ0) is 16.2. The fraction of sp³-hybridized carbons (Fsp3) is 0.533. The highest BCUT2D eigenvalue weighted by molar-refractivity contribution is 5.75. The van der Waals surface area contributed by atoms with E-state index in [0.29, 0.717) is 0 Å². The van der Waals surface area contributed by atoms with Crippen LogP contribution in [0.15, 0.2) is 18.2 Å². The summed E-state index contributed by atoms with van der Waals surface area (Å²) >= 11 is 0. The Morgan fingerprint density at radius 1 is 1.29 bits per heavy atom. The van der Waals surface area contributed by atoms with Crippen LogP contribution in [-0.4, -0.2) is 34.7 Å². The summed E-state index contributed by atoms with van der Waals surface area (Å²) in [5.41, 5.74) is 0.0871. The highest BCUT2D eigenvalue weighted by Crippen LogP contribution is 2.19. The average Bonchev–Trinajstić information content (AvgIpc) is 2.38. The molecule has 0 saturated heterocycles. The van der Waals surface area contributed by atoms with E-state index in [0.717, 1.165) is 6.07 Å². The molecule has 0 spiro atoms. The summed E-state index contributed by atoms with van der Waals surface area (Å²) < 4.78 is 26.9. The molecule has 1 aromatic carbocycles. The summed E-state index contributed by atoms with van der Waals surface area (Å²) in [6.07, 6.45) is -0.667. The van der Waals surface area contributed by atoms with Gasteiger partial charge in [-0.05, 0) is 33.8 Å². The number of carbonyl (C=O) groups excluding carboxylic acids is 1. The molecule has 0 aliphatic heterocycles. The van der Waals surface area contributed by atoms with Gasteiger partial charge in [0.15, 0.2) is 11.6 Å². The number of nitrogens with one attached hydrogen (secondary N) is 1. The van der Waals surface area contributed by atoms with Crippen molar-refractivity contribution in [2.75, 3.05) is 6.54 Å². The van der Waals surface area contributed by atoms with Gasteiger partial charge >= 0.3 is 6.03 Å². The first kappa shape index (κ1) is 17.4. The summed E-state index contributed by atoms with van der Waals surface area (Å²) in [6, 6.07) is 2.63. The van der Waals surface area contributed by atoms with Crippen LogP contribution in [0.2, 0.25) is 0 Å². The molecule has 0 aliphatic rings. The lowest BCUT2D eigenvalue weighted by Crippen LogP contribution is -2.47. The Morgan fingerprint density at radius 2 is 1.90 bits per heavy atom. The molecule has 0 fully saturated rings. The number of carbonyl (C=O) groups is 1. The summed E-state index contributed by atoms with van der Waals surface area (Å²) in [7, 11) is 0. The van der Waals surface area contributed by atoms with E-state index in [4.69, 9.17) is 0 Å². The van der Waals surface area contributed by atoms with Gasteiger partial charge in [-0.1, -0.05) is 12.1 Å². The van der Waals surface area contributed by atoms with E-state index >= 15 is 0 Å². The van der Waals surface area contributed by atoms with Gasteiger partial charge in [0.05, 0.1) is 12.1 Å². The van der Waals surface area contributed by atoms with Crippen LogP contribution in [0.25, 0.3) is 0 Å². The van der Waals surface area contributed by atoms with E-state index in [1.54, 1.807) is 13.8 Å². The lowest BCUT2D eigenvalue weighted by molar-refractivity contribution is 0.117. The SMILES string of the molecule is CC(O)CN(C(=O)NC(C)c1cccc(F)c1F)C(C)C. The fourth-order valence-corrected chi connectivity index (χ4v) is 2.01. The second kappa shape index (κ2) is 7.36. The maximum atomic E-state index is 13.7. The van der Waals surface area contributed by atoms with Crippen molar-refractivity contribution < 1.29 is 18.7 Å². The minimum Gasteiger partial charge on any atom is -0.392 e. The van der Waals surface area contributed by atoms with Crippen molar-refractivity contribution in [3.63, 3.8) is 0 Å². The number of hydrogen-bond donors (Lipinski definition) is 2. The summed E-state index contributed by atoms with van der Waals surface area (Å²) in [5.74, 6) is -1.91. The van der Waals surface area contributed by atoms with Crippen molar-refractivity contribution in [1.82, 2.24) is 10.2 Å². The van der Waals surface area contributed by atoms with Gasteiger partial charge in [0, 0.05) is 18.2 Å². The third kappa shape index (κ3) is 4.67. The molecule has 21 heavy (non-hydrogen) atoms. The second-order valence-corrected chi connectivity index (χ2v) is 5.41. The first-order chi connectivity index (χ1) is 9.73. The van der Waals surface area contributed by atoms with E-state index in [9.17, 15) is 18.7 Å². The lowest BCUT2D eigenvalue weighted by Gasteiger charge is -2.29. The normalized spacial score (nSPS) is 13.9. The molecule has 0 bridgehead atoms. The maximum Gasteiger partial charge on any atom is 0.318 e. The first-order valence-electron chi connectivity index (χ1n) is 6.93. The molecule has 2 atom stereocenters. The Morgan fingerprint density at radius 3 is 2.43 bits per heavy atom. The minimum atomic E-state index is -0.961. The van der Waals surface area contributed by atoms with Gasteiger partial charge in [-0.15, -0.1) is 0 Å². The molecular formula is C15H22F2N2O2. The third-order valence-corrected chi connectivity index (χ3v) is 3.13. The highest BCUT2D eigenvalue weighted by atomic mass is 19.2. The number of halogens is 2. The molecule has 0 heterocycles. The molecule has 6 heteroatoms. The van der Waals surface area contributed by atoms with Gasteiger partial charge < -0.3 is 15.3 Å². The molecule has 1 aromatic rings. The molecule has 4 nitrogen and oxygen atoms in total. The number of amides is 2. The topological polar surface area (TPSA) is 52.6 Å². The molecule has 0 radical (unpaired) electrons. The van der Waals surface area contributed by atoms with Crippen LogP contribution in [0.4, 0.5) is 13.6 Å². The number of urea groups is 1. The molecular weight excluding hydrogens is 278 g/mol. The Labute approximate surface area is 123 Å². The summed E-state index contributed by atoms with van der Waals surface area (Å²) in [6.45, 7) is 6.96. The number of nitrogens with zero attached hydrogens (tertiary/aromatic N) is 1. The average molecular weight is 300 g/mol. The number of aliphatic hydroxyl groups excluding tert-OH is 1. The van der Waals surface area contributed by atoms with Crippen LogP contribution >= 0.6 is 0 Å². The van der Waals surface area contributed by atoms with Crippen LogP contribution in [0.1, 0.15) is 39.3 Å². The van der Waals surface area contributed by atoms with Crippen molar-refractivity contribution in [2.45, 2.75) is 45.9 Å². The molecule has 0 saturated carbocycles. The lowest BCUT2D eigenvalue weighted by atomic mass is 10.1. The van der Waals surface area contributed by atoms with Gasteiger partial charge in [-0.3, -0.25) is 0 Å². The molecule has 1 rings (SSSR count). The molecule has 2 N–H and O–H groups in total. The molecule has 0 aromatic heterocycles. The van der Waals surface area contributed by atoms with Crippen LogP contribution < -0.4 is 5.32 Å². The van der Waals surface area contributed by atoms with Crippen LogP contribution in [-0.2, 0) is 0 Å². The van der Waals surface area contributed by atoms with Crippen molar-refractivity contribution in [3.8, 4) is 0 Å². The fourth-order valence-electron chi connectivity index (χ4n) is 2.01. The molecule has 2 amide bonds. The van der Waals surface area contributed by atoms with Crippen molar-refractivity contribution in [2.24, 2.45) is 0 Å². The number of aliphatic hydroxyl groups is 1. The smallest absolute Gasteiger partial charge is 0.318 e. The number of hydrogen-bond acceptors (Lipinski definition) is 2. The Bertz CT molecular complexity index is 493. The number of benzene rings is 1. The zero-order valence-electron chi connectivity index (χ0n) is 12.7. The predicted molar refractivity (Wildman–Crippen MR) is 76.8 cm³/mol. The van der Waals surface area contributed by atoms with E-state index in [2.05, 4.69) is 5.32 Å². The quantitative estimate of drug-likeness (QED) is 0.878. The minimum absolute atomic E-state index is 0.0871. The van der Waals surface area contributed by atoms with Gasteiger partial charge in [0.1, 0.15) is 0 Å².